The quantitative estimate of drug-likeness (QED) is 0.679. The molecule has 0 unspecified atom stereocenters. The number of halogens is 4. The minimum atomic E-state index is -4.83. The molecule has 3 rings (SSSR count). The van der Waals surface area contributed by atoms with Crippen LogP contribution in [0.25, 0.3) is 0 Å². The van der Waals surface area contributed by atoms with Crippen LogP contribution in [-0.4, -0.2) is 16.3 Å². The number of alkyl halides is 3. The Morgan fingerprint density at radius 3 is 2.00 bits per heavy atom. The van der Waals surface area contributed by atoms with Gasteiger partial charge in [-0.15, -0.1) is 13.2 Å². The van der Waals surface area contributed by atoms with E-state index in [4.69, 9.17) is 0 Å². The Labute approximate surface area is 128 Å². The van der Waals surface area contributed by atoms with Gasteiger partial charge in [0, 0.05) is 29.3 Å². The topological polar surface area (TPSA) is 40.8 Å². The summed E-state index contributed by atoms with van der Waals surface area (Å²) in [5.41, 5.74) is 1.38. The maximum absolute atomic E-state index is 14.3. The summed E-state index contributed by atoms with van der Waals surface area (Å²) in [6.07, 6.45) is -1.50. The summed E-state index contributed by atoms with van der Waals surface area (Å²) in [6, 6.07) is 9.93. The average molecular weight is 324 g/mol. The number of benzene rings is 1. The lowest BCUT2D eigenvalue weighted by Gasteiger charge is -2.18. The predicted molar refractivity (Wildman–Crippen MR) is 75.6 cm³/mol. The molecule has 0 fully saturated rings. The number of aromatic amines is 2. The van der Waals surface area contributed by atoms with Gasteiger partial charge in [-0.05, 0) is 42.5 Å². The van der Waals surface area contributed by atoms with Gasteiger partial charge in [0.25, 0.3) is 0 Å². The summed E-state index contributed by atoms with van der Waals surface area (Å²) in [5, 5.41) is 0. The molecule has 7 heteroatoms. The highest BCUT2D eigenvalue weighted by Gasteiger charge is 2.32. The molecule has 0 saturated carbocycles. The van der Waals surface area contributed by atoms with Gasteiger partial charge < -0.3 is 14.7 Å². The molecule has 2 aromatic heterocycles. The zero-order valence-electron chi connectivity index (χ0n) is 11.7. The number of aromatic nitrogens is 2. The van der Waals surface area contributed by atoms with Gasteiger partial charge in [-0.3, -0.25) is 0 Å². The SMILES string of the molecule is Fc1ccc(OC(F)(F)F)cc1C(c1ccc[nH]1)c1ccc[nH]1. The van der Waals surface area contributed by atoms with Gasteiger partial charge in [-0.25, -0.2) is 4.39 Å². The van der Waals surface area contributed by atoms with Crippen molar-refractivity contribution in [1.29, 1.82) is 0 Å². The van der Waals surface area contributed by atoms with Crippen molar-refractivity contribution in [3.8, 4) is 5.75 Å². The Bertz CT molecular complexity index is 730. The molecule has 0 aliphatic heterocycles. The third-order valence-corrected chi connectivity index (χ3v) is 3.38. The fourth-order valence-corrected chi connectivity index (χ4v) is 2.49. The summed E-state index contributed by atoms with van der Waals surface area (Å²) in [5.74, 6) is -1.68. The van der Waals surface area contributed by atoms with Crippen LogP contribution in [0.15, 0.2) is 54.9 Å². The zero-order valence-corrected chi connectivity index (χ0v) is 11.7. The van der Waals surface area contributed by atoms with E-state index in [1.54, 1.807) is 36.7 Å². The molecule has 0 bridgehead atoms. The van der Waals surface area contributed by atoms with E-state index in [1.165, 1.54) is 0 Å². The Hall–Kier alpha value is -2.70. The van der Waals surface area contributed by atoms with Crippen molar-refractivity contribution >= 4 is 0 Å². The van der Waals surface area contributed by atoms with Crippen molar-refractivity contribution in [2.24, 2.45) is 0 Å². The standard InChI is InChI=1S/C16H12F4N2O/c17-12-6-5-10(23-16(18,19)20)9-11(12)15(13-3-1-7-21-13)14-4-2-8-22-14/h1-9,15,21-22H. The monoisotopic (exact) mass is 324 g/mol. The van der Waals surface area contributed by atoms with Crippen LogP contribution in [0.5, 0.6) is 5.75 Å². The second kappa shape index (κ2) is 5.83. The lowest BCUT2D eigenvalue weighted by molar-refractivity contribution is -0.274. The van der Waals surface area contributed by atoms with Crippen LogP contribution in [0.1, 0.15) is 22.9 Å². The molecule has 0 saturated heterocycles. The molecule has 23 heavy (non-hydrogen) atoms. The number of ether oxygens (including phenoxy) is 1. The lowest BCUT2D eigenvalue weighted by atomic mass is 9.92. The second-order valence-corrected chi connectivity index (χ2v) is 4.92. The van der Waals surface area contributed by atoms with Gasteiger partial charge >= 0.3 is 6.36 Å². The summed E-state index contributed by atoms with van der Waals surface area (Å²) < 4.78 is 55.3. The molecule has 2 heterocycles. The van der Waals surface area contributed by atoms with E-state index in [-0.39, 0.29) is 5.56 Å². The molecular weight excluding hydrogens is 312 g/mol. The van der Waals surface area contributed by atoms with Crippen LogP contribution in [0.3, 0.4) is 0 Å². The Morgan fingerprint density at radius 2 is 1.52 bits per heavy atom. The molecule has 0 atom stereocenters. The minimum Gasteiger partial charge on any atom is -0.406 e. The fraction of sp³-hybridized carbons (Fsp3) is 0.125. The molecule has 1 aromatic carbocycles. The first kappa shape index (κ1) is 15.2. The average Bonchev–Trinajstić information content (AvgIpc) is 3.15. The first-order chi connectivity index (χ1) is 10.9. The van der Waals surface area contributed by atoms with E-state index in [0.29, 0.717) is 11.4 Å². The van der Waals surface area contributed by atoms with E-state index < -0.39 is 23.8 Å². The summed E-state index contributed by atoms with van der Waals surface area (Å²) in [6.45, 7) is 0. The number of H-pyrrole nitrogens is 2. The molecule has 3 aromatic rings. The highest BCUT2D eigenvalue weighted by molar-refractivity contribution is 5.42. The molecule has 0 amide bonds. The van der Waals surface area contributed by atoms with Gasteiger partial charge in [-0.1, -0.05) is 0 Å². The summed E-state index contributed by atoms with van der Waals surface area (Å²) in [4.78, 5) is 5.94. The van der Waals surface area contributed by atoms with E-state index in [2.05, 4.69) is 14.7 Å². The normalized spacial score (nSPS) is 11.9. The number of hydrogen-bond acceptors (Lipinski definition) is 1. The summed E-state index contributed by atoms with van der Waals surface area (Å²) >= 11 is 0. The third-order valence-electron chi connectivity index (χ3n) is 3.38. The first-order valence-corrected chi connectivity index (χ1v) is 6.76. The molecule has 120 valence electrons. The van der Waals surface area contributed by atoms with E-state index in [1.807, 2.05) is 0 Å². The maximum Gasteiger partial charge on any atom is 0.573 e. The minimum absolute atomic E-state index is 0.0802. The molecule has 0 spiro atoms. The van der Waals surface area contributed by atoms with Crippen LogP contribution >= 0.6 is 0 Å². The highest BCUT2D eigenvalue weighted by Crippen LogP contribution is 2.34. The van der Waals surface area contributed by atoms with Crippen LogP contribution in [0.4, 0.5) is 17.6 Å². The fourth-order valence-electron chi connectivity index (χ4n) is 2.49. The highest BCUT2D eigenvalue weighted by atomic mass is 19.4. The Kier molecular flexibility index (Phi) is 3.85. The number of hydrogen-bond donors (Lipinski definition) is 2. The van der Waals surface area contributed by atoms with E-state index in [9.17, 15) is 17.6 Å². The zero-order chi connectivity index (χ0) is 16.4. The largest absolute Gasteiger partial charge is 0.573 e. The van der Waals surface area contributed by atoms with Crippen molar-refractivity contribution in [3.63, 3.8) is 0 Å². The van der Waals surface area contributed by atoms with Crippen LogP contribution in [0, 0.1) is 5.82 Å². The third kappa shape index (κ3) is 3.39. The van der Waals surface area contributed by atoms with Gasteiger partial charge in [0.2, 0.25) is 0 Å². The molecule has 2 N–H and O–H groups in total. The van der Waals surface area contributed by atoms with Crippen LogP contribution in [-0.2, 0) is 0 Å². The van der Waals surface area contributed by atoms with Crippen molar-refractivity contribution in [3.05, 3.63) is 77.6 Å². The predicted octanol–water partition coefficient (Wildman–Crippen LogP) is 4.56. The second-order valence-electron chi connectivity index (χ2n) is 4.92. The lowest BCUT2D eigenvalue weighted by Crippen LogP contribution is -2.17. The van der Waals surface area contributed by atoms with Crippen molar-refractivity contribution < 1.29 is 22.3 Å². The van der Waals surface area contributed by atoms with Gasteiger partial charge in [-0.2, -0.15) is 0 Å². The first-order valence-electron chi connectivity index (χ1n) is 6.76. The van der Waals surface area contributed by atoms with E-state index >= 15 is 0 Å². The molecule has 0 aliphatic rings. The molecule has 0 aliphatic carbocycles. The Morgan fingerprint density at radius 1 is 0.913 bits per heavy atom. The molecule has 3 nitrogen and oxygen atoms in total. The van der Waals surface area contributed by atoms with Crippen LogP contribution in [0.2, 0.25) is 0 Å². The van der Waals surface area contributed by atoms with Gasteiger partial charge in [0.1, 0.15) is 11.6 Å². The van der Waals surface area contributed by atoms with Crippen LogP contribution < -0.4 is 4.74 Å². The van der Waals surface area contributed by atoms with Crippen molar-refractivity contribution in [2.45, 2.75) is 12.3 Å². The number of rotatable bonds is 4. The smallest absolute Gasteiger partial charge is 0.406 e. The van der Waals surface area contributed by atoms with Gasteiger partial charge in [0.05, 0.1) is 5.92 Å². The maximum atomic E-state index is 14.3. The number of nitrogens with one attached hydrogen (secondary N) is 2. The Balaban J connectivity index is 2.08. The molecule has 0 radical (unpaired) electrons. The van der Waals surface area contributed by atoms with Crippen molar-refractivity contribution in [1.82, 2.24) is 9.97 Å². The van der Waals surface area contributed by atoms with Gasteiger partial charge in [0.15, 0.2) is 0 Å². The van der Waals surface area contributed by atoms with Crippen molar-refractivity contribution in [2.75, 3.05) is 0 Å². The van der Waals surface area contributed by atoms with E-state index in [0.717, 1.165) is 18.2 Å². The summed E-state index contributed by atoms with van der Waals surface area (Å²) in [7, 11) is 0. The molecular formula is C16H12F4N2O.